The van der Waals surface area contributed by atoms with E-state index in [4.69, 9.17) is 0 Å². The summed E-state index contributed by atoms with van der Waals surface area (Å²) in [6, 6.07) is 4.39. The zero-order chi connectivity index (χ0) is 17.4. The van der Waals surface area contributed by atoms with Crippen LogP contribution in [0.15, 0.2) is 27.8 Å². The zero-order valence-electron chi connectivity index (χ0n) is 13.9. The SMILES string of the molecule is Cc1nc(C2CC(NC(=O)c3cc(=O)cc(C)n3C)C2)cc(=O)[nH]1. The molecule has 0 atom stereocenters. The molecule has 1 aliphatic rings. The van der Waals surface area contributed by atoms with Crippen LogP contribution in [0.4, 0.5) is 0 Å². The van der Waals surface area contributed by atoms with E-state index >= 15 is 0 Å². The Hall–Kier alpha value is -2.70. The molecule has 0 spiro atoms. The van der Waals surface area contributed by atoms with E-state index in [2.05, 4.69) is 15.3 Å². The lowest BCUT2D eigenvalue weighted by Crippen LogP contribution is -2.44. The van der Waals surface area contributed by atoms with E-state index in [9.17, 15) is 14.4 Å². The van der Waals surface area contributed by atoms with Gasteiger partial charge in [-0.1, -0.05) is 0 Å². The molecule has 0 bridgehead atoms. The smallest absolute Gasteiger partial charge is 0.268 e. The second kappa shape index (κ2) is 6.07. The molecule has 0 aliphatic heterocycles. The van der Waals surface area contributed by atoms with Crippen LogP contribution in [0.3, 0.4) is 0 Å². The van der Waals surface area contributed by atoms with Crippen molar-refractivity contribution in [3.8, 4) is 0 Å². The summed E-state index contributed by atoms with van der Waals surface area (Å²) in [5, 5.41) is 2.94. The second-order valence-electron chi connectivity index (χ2n) is 6.37. The van der Waals surface area contributed by atoms with Crippen LogP contribution in [0.2, 0.25) is 0 Å². The Morgan fingerprint density at radius 1 is 1.25 bits per heavy atom. The first-order valence-electron chi connectivity index (χ1n) is 7.90. The maximum atomic E-state index is 12.4. The first kappa shape index (κ1) is 16.2. The van der Waals surface area contributed by atoms with Crippen molar-refractivity contribution in [2.45, 2.75) is 38.6 Å². The molecule has 126 valence electrons. The summed E-state index contributed by atoms with van der Waals surface area (Å²) in [7, 11) is 1.76. The number of hydrogen-bond acceptors (Lipinski definition) is 4. The fourth-order valence-corrected chi connectivity index (χ4v) is 3.03. The van der Waals surface area contributed by atoms with Gasteiger partial charge in [0.15, 0.2) is 5.43 Å². The van der Waals surface area contributed by atoms with E-state index in [0.29, 0.717) is 11.5 Å². The third kappa shape index (κ3) is 3.15. The number of nitrogens with one attached hydrogen (secondary N) is 2. The largest absolute Gasteiger partial charge is 0.348 e. The summed E-state index contributed by atoms with van der Waals surface area (Å²) in [6.07, 6.45) is 1.47. The molecule has 2 heterocycles. The topological polar surface area (TPSA) is 96.8 Å². The Balaban J connectivity index is 1.66. The molecule has 2 aromatic heterocycles. The highest BCUT2D eigenvalue weighted by molar-refractivity contribution is 5.92. The number of aromatic nitrogens is 3. The number of nitrogens with zero attached hydrogens (tertiary/aromatic N) is 2. The minimum atomic E-state index is -0.253. The molecular formula is C17H20N4O3. The predicted octanol–water partition coefficient (Wildman–Crippen LogP) is 0.761. The molecular weight excluding hydrogens is 308 g/mol. The molecule has 0 saturated heterocycles. The maximum Gasteiger partial charge on any atom is 0.268 e. The van der Waals surface area contributed by atoms with Gasteiger partial charge in [-0.2, -0.15) is 0 Å². The molecule has 3 rings (SSSR count). The Morgan fingerprint density at radius 3 is 2.62 bits per heavy atom. The number of hydrogen-bond donors (Lipinski definition) is 2. The fraction of sp³-hybridized carbons (Fsp3) is 0.412. The van der Waals surface area contributed by atoms with Crippen molar-refractivity contribution in [1.82, 2.24) is 19.9 Å². The summed E-state index contributed by atoms with van der Waals surface area (Å²) in [4.78, 5) is 42.5. The number of pyridine rings is 1. The molecule has 0 aromatic carbocycles. The van der Waals surface area contributed by atoms with Crippen LogP contribution >= 0.6 is 0 Å². The molecule has 7 heteroatoms. The van der Waals surface area contributed by atoms with Crippen LogP contribution in [0.5, 0.6) is 0 Å². The van der Waals surface area contributed by atoms with Gasteiger partial charge in [0.25, 0.3) is 11.5 Å². The van der Waals surface area contributed by atoms with Gasteiger partial charge in [-0.3, -0.25) is 14.4 Å². The lowest BCUT2D eigenvalue weighted by atomic mass is 9.78. The van der Waals surface area contributed by atoms with Gasteiger partial charge in [0.05, 0.1) is 5.69 Å². The average Bonchev–Trinajstić information content (AvgIpc) is 2.44. The molecule has 0 radical (unpaired) electrons. The molecule has 7 nitrogen and oxygen atoms in total. The molecule has 2 aromatic rings. The minimum Gasteiger partial charge on any atom is -0.348 e. The van der Waals surface area contributed by atoms with Gasteiger partial charge >= 0.3 is 0 Å². The van der Waals surface area contributed by atoms with Gasteiger partial charge in [0.2, 0.25) is 0 Å². The molecule has 1 amide bonds. The van der Waals surface area contributed by atoms with E-state index in [1.165, 1.54) is 18.2 Å². The molecule has 1 saturated carbocycles. The number of amides is 1. The maximum absolute atomic E-state index is 12.4. The van der Waals surface area contributed by atoms with Crippen LogP contribution in [-0.4, -0.2) is 26.5 Å². The van der Waals surface area contributed by atoms with E-state index < -0.39 is 0 Å². The van der Waals surface area contributed by atoms with Gasteiger partial charge in [-0.25, -0.2) is 4.98 Å². The van der Waals surface area contributed by atoms with E-state index in [1.807, 2.05) is 0 Å². The lowest BCUT2D eigenvalue weighted by molar-refractivity contribution is 0.0898. The Labute approximate surface area is 138 Å². The summed E-state index contributed by atoms with van der Waals surface area (Å²) in [5.74, 6) is 0.522. The Bertz CT molecular complexity index is 907. The second-order valence-corrected chi connectivity index (χ2v) is 6.37. The van der Waals surface area contributed by atoms with Crippen LogP contribution in [0, 0.1) is 13.8 Å². The summed E-state index contributed by atoms with van der Waals surface area (Å²) in [6.45, 7) is 3.54. The van der Waals surface area contributed by atoms with Gasteiger partial charge in [0, 0.05) is 42.9 Å². The van der Waals surface area contributed by atoms with Gasteiger partial charge in [0.1, 0.15) is 11.5 Å². The molecule has 0 unspecified atom stereocenters. The minimum absolute atomic E-state index is 0.0273. The molecule has 2 N–H and O–H groups in total. The van der Waals surface area contributed by atoms with Crippen LogP contribution < -0.4 is 16.3 Å². The fourth-order valence-electron chi connectivity index (χ4n) is 3.03. The Kier molecular flexibility index (Phi) is 4.09. The van der Waals surface area contributed by atoms with Crippen molar-refractivity contribution >= 4 is 5.91 Å². The number of aromatic amines is 1. The van der Waals surface area contributed by atoms with E-state index in [-0.39, 0.29) is 28.9 Å². The first-order valence-corrected chi connectivity index (χ1v) is 7.90. The highest BCUT2D eigenvalue weighted by Gasteiger charge is 2.33. The Morgan fingerprint density at radius 2 is 1.96 bits per heavy atom. The number of carbonyl (C=O) groups is 1. The van der Waals surface area contributed by atoms with Crippen molar-refractivity contribution in [2.24, 2.45) is 7.05 Å². The zero-order valence-corrected chi connectivity index (χ0v) is 13.9. The molecule has 1 aliphatic carbocycles. The van der Waals surface area contributed by atoms with Crippen LogP contribution in [0.25, 0.3) is 0 Å². The third-order valence-electron chi connectivity index (χ3n) is 4.52. The summed E-state index contributed by atoms with van der Waals surface area (Å²) >= 11 is 0. The van der Waals surface area contributed by atoms with Crippen LogP contribution in [0.1, 0.15) is 46.5 Å². The van der Waals surface area contributed by atoms with Gasteiger partial charge in [-0.05, 0) is 26.7 Å². The monoisotopic (exact) mass is 328 g/mol. The number of H-pyrrole nitrogens is 1. The standard InChI is InChI=1S/C17H20N4O3/c1-9-4-13(22)7-15(21(9)3)17(24)20-12-5-11(6-12)14-8-16(23)19-10(2)18-14/h4,7-8,11-12H,5-6H2,1-3H3,(H,20,24)(H,18,19,23). The first-order chi connectivity index (χ1) is 11.3. The van der Waals surface area contributed by atoms with E-state index in [0.717, 1.165) is 24.2 Å². The molecule has 24 heavy (non-hydrogen) atoms. The van der Waals surface area contributed by atoms with Crippen molar-refractivity contribution < 1.29 is 4.79 Å². The van der Waals surface area contributed by atoms with Gasteiger partial charge < -0.3 is 14.9 Å². The number of carbonyl (C=O) groups excluding carboxylic acids is 1. The van der Waals surface area contributed by atoms with Crippen LogP contribution in [-0.2, 0) is 7.05 Å². The lowest BCUT2D eigenvalue weighted by Gasteiger charge is -2.35. The van der Waals surface area contributed by atoms with Crippen molar-refractivity contribution in [2.75, 3.05) is 0 Å². The molecule has 1 fully saturated rings. The summed E-state index contributed by atoms with van der Waals surface area (Å²) < 4.78 is 1.70. The number of rotatable bonds is 3. The number of aryl methyl sites for hydroxylation is 2. The normalized spacial score (nSPS) is 19.6. The quantitative estimate of drug-likeness (QED) is 0.869. The third-order valence-corrected chi connectivity index (χ3v) is 4.52. The van der Waals surface area contributed by atoms with Crippen molar-refractivity contribution in [3.63, 3.8) is 0 Å². The summed E-state index contributed by atoms with van der Waals surface area (Å²) in [5.41, 5.74) is 1.53. The predicted molar refractivity (Wildman–Crippen MR) is 89.2 cm³/mol. The van der Waals surface area contributed by atoms with Crippen molar-refractivity contribution in [1.29, 1.82) is 0 Å². The highest BCUT2D eigenvalue weighted by Crippen LogP contribution is 2.35. The van der Waals surface area contributed by atoms with E-state index in [1.54, 1.807) is 25.5 Å². The van der Waals surface area contributed by atoms with Gasteiger partial charge in [-0.15, -0.1) is 0 Å². The highest BCUT2D eigenvalue weighted by atomic mass is 16.2. The van der Waals surface area contributed by atoms with Crippen molar-refractivity contribution in [3.05, 3.63) is 61.7 Å². The average molecular weight is 328 g/mol.